The van der Waals surface area contributed by atoms with Gasteiger partial charge in [-0.05, 0) is 48.7 Å². The smallest absolute Gasteiger partial charge is 0.301 e. The summed E-state index contributed by atoms with van der Waals surface area (Å²) in [5.41, 5.74) is 4.06. The van der Waals surface area contributed by atoms with E-state index in [1.54, 1.807) is 24.5 Å². The molecule has 0 radical (unpaired) electrons. The van der Waals surface area contributed by atoms with Crippen molar-refractivity contribution >= 4 is 45.7 Å². The van der Waals surface area contributed by atoms with Gasteiger partial charge in [-0.3, -0.25) is 19.5 Å². The van der Waals surface area contributed by atoms with E-state index in [0.29, 0.717) is 26.4 Å². The molecule has 2 aromatic heterocycles. The Morgan fingerprint density at radius 2 is 1.78 bits per heavy atom. The number of ketones is 1. The van der Waals surface area contributed by atoms with Crippen LogP contribution in [0.15, 0.2) is 83.0 Å². The quantitative estimate of drug-likeness (QED) is 0.120. The molecule has 0 aliphatic carbocycles. The van der Waals surface area contributed by atoms with E-state index >= 15 is 0 Å². The number of benzene rings is 2. The molecular formula is C27H22N4O3S2. The molecule has 9 heteroatoms. The van der Waals surface area contributed by atoms with Crippen molar-refractivity contribution in [3.63, 3.8) is 0 Å². The topological polar surface area (TPSA) is 96.3 Å². The van der Waals surface area contributed by atoms with Crippen LogP contribution in [0.25, 0.3) is 5.76 Å². The number of aryl methyl sites for hydroxylation is 2. The summed E-state index contributed by atoms with van der Waals surface area (Å²) >= 11 is 2.75. The van der Waals surface area contributed by atoms with Gasteiger partial charge in [0.05, 0.1) is 11.6 Å². The van der Waals surface area contributed by atoms with Crippen LogP contribution in [-0.2, 0) is 15.3 Å². The monoisotopic (exact) mass is 514 g/mol. The first-order chi connectivity index (χ1) is 17.4. The summed E-state index contributed by atoms with van der Waals surface area (Å²) in [6.45, 7) is 3.76. The normalized spacial score (nSPS) is 17.1. The molecule has 1 aliphatic rings. The van der Waals surface area contributed by atoms with Crippen LogP contribution in [0, 0.1) is 13.8 Å². The van der Waals surface area contributed by atoms with Crippen molar-refractivity contribution in [3.05, 3.63) is 106 Å². The van der Waals surface area contributed by atoms with Gasteiger partial charge in [0, 0.05) is 23.7 Å². The number of aliphatic hydroxyl groups is 1. The van der Waals surface area contributed by atoms with Crippen LogP contribution in [0.1, 0.15) is 33.9 Å². The lowest BCUT2D eigenvalue weighted by molar-refractivity contribution is -0.132. The zero-order valence-electron chi connectivity index (χ0n) is 19.6. The molecule has 4 aromatic rings. The number of aromatic nitrogens is 3. The molecule has 0 spiro atoms. The van der Waals surface area contributed by atoms with Gasteiger partial charge >= 0.3 is 5.91 Å². The highest BCUT2D eigenvalue weighted by molar-refractivity contribution is 8.00. The molecule has 0 saturated carbocycles. The lowest BCUT2D eigenvalue weighted by Crippen LogP contribution is -2.29. The van der Waals surface area contributed by atoms with E-state index < -0.39 is 17.7 Å². The first kappa shape index (κ1) is 23.9. The number of Topliss-reactive ketones (excluding diaryl/α,β-unsaturated/α-hetero) is 1. The number of hydrogen-bond donors (Lipinski definition) is 1. The number of anilines is 1. The number of pyridine rings is 1. The average Bonchev–Trinajstić information content (AvgIpc) is 3.47. The van der Waals surface area contributed by atoms with Crippen molar-refractivity contribution in [2.45, 2.75) is 30.0 Å². The van der Waals surface area contributed by atoms with Crippen LogP contribution in [0.2, 0.25) is 0 Å². The highest BCUT2D eigenvalue weighted by Gasteiger charge is 2.48. The number of aliphatic hydroxyl groups excluding tert-OH is 1. The second-order valence-electron chi connectivity index (χ2n) is 8.39. The van der Waals surface area contributed by atoms with Crippen molar-refractivity contribution in [2.24, 2.45) is 0 Å². The molecule has 180 valence electrons. The van der Waals surface area contributed by atoms with Crippen LogP contribution in [-0.4, -0.2) is 32.0 Å². The zero-order valence-corrected chi connectivity index (χ0v) is 21.2. The molecule has 1 aliphatic heterocycles. The maximum absolute atomic E-state index is 13.3. The number of carbonyl (C=O) groups excluding carboxylic acids is 2. The Kier molecular flexibility index (Phi) is 6.67. The second kappa shape index (κ2) is 10.0. The van der Waals surface area contributed by atoms with Crippen molar-refractivity contribution in [2.75, 3.05) is 4.90 Å². The summed E-state index contributed by atoms with van der Waals surface area (Å²) < 4.78 is 0.679. The van der Waals surface area contributed by atoms with E-state index in [9.17, 15) is 14.7 Å². The fraction of sp³-hybridized carbons (Fsp3) is 0.148. The van der Waals surface area contributed by atoms with E-state index in [2.05, 4.69) is 15.2 Å². The second-order valence-corrected chi connectivity index (χ2v) is 10.6. The summed E-state index contributed by atoms with van der Waals surface area (Å²) in [5.74, 6) is -1.01. The molecule has 1 amide bonds. The van der Waals surface area contributed by atoms with Crippen LogP contribution in [0.3, 0.4) is 0 Å². The number of amides is 1. The molecule has 1 atom stereocenters. The van der Waals surface area contributed by atoms with Gasteiger partial charge < -0.3 is 5.11 Å². The van der Waals surface area contributed by atoms with E-state index in [1.165, 1.54) is 28.0 Å². The number of hydrogen-bond acceptors (Lipinski definition) is 8. The van der Waals surface area contributed by atoms with Gasteiger partial charge in [0.15, 0.2) is 4.34 Å². The molecule has 1 fully saturated rings. The minimum Gasteiger partial charge on any atom is -0.507 e. The van der Waals surface area contributed by atoms with E-state index in [4.69, 9.17) is 0 Å². The van der Waals surface area contributed by atoms with Crippen LogP contribution in [0.5, 0.6) is 0 Å². The number of nitrogens with zero attached hydrogens (tertiary/aromatic N) is 4. The fourth-order valence-corrected chi connectivity index (χ4v) is 5.93. The minimum atomic E-state index is -0.854. The lowest BCUT2D eigenvalue weighted by Gasteiger charge is -2.22. The van der Waals surface area contributed by atoms with Gasteiger partial charge in [-0.1, -0.05) is 71.1 Å². The number of rotatable bonds is 6. The van der Waals surface area contributed by atoms with E-state index in [0.717, 1.165) is 16.7 Å². The SMILES string of the molecule is Cc1ccc(C)c(/C(O)=C2\C(=O)C(=O)N(c3nnc(SCc4ccccc4)s3)C2c2ccncc2)c1. The lowest BCUT2D eigenvalue weighted by atomic mass is 9.94. The Labute approximate surface area is 216 Å². The molecule has 7 nitrogen and oxygen atoms in total. The average molecular weight is 515 g/mol. The Hall–Kier alpha value is -3.82. The summed E-state index contributed by atoms with van der Waals surface area (Å²) in [6, 6.07) is 18.2. The standard InChI is InChI=1S/C27H22N4O3S2/c1-16-8-9-17(2)20(14-16)23(32)21-22(19-10-12-28-13-11-19)31(25(34)24(21)33)26-29-30-27(36-26)35-15-18-6-4-3-5-7-18/h3-14,22,32H,15H2,1-2H3/b23-21+. The van der Waals surface area contributed by atoms with Gasteiger partial charge in [-0.15, -0.1) is 10.2 Å². The Morgan fingerprint density at radius 3 is 2.53 bits per heavy atom. The summed E-state index contributed by atoms with van der Waals surface area (Å²) in [5, 5.41) is 20.2. The maximum atomic E-state index is 13.3. The molecule has 1 unspecified atom stereocenters. The van der Waals surface area contributed by atoms with E-state index in [-0.39, 0.29) is 11.3 Å². The molecular weight excluding hydrogens is 492 g/mol. The first-order valence-electron chi connectivity index (χ1n) is 11.2. The molecule has 2 aromatic carbocycles. The Morgan fingerprint density at radius 1 is 1.03 bits per heavy atom. The predicted octanol–water partition coefficient (Wildman–Crippen LogP) is 5.47. The van der Waals surface area contributed by atoms with Gasteiger partial charge in [0.25, 0.3) is 5.78 Å². The molecule has 0 bridgehead atoms. The number of thioether (sulfide) groups is 1. The van der Waals surface area contributed by atoms with Gasteiger partial charge in [0.2, 0.25) is 5.13 Å². The van der Waals surface area contributed by atoms with Gasteiger partial charge in [0.1, 0.15) is 5.76 Å². The largest absolute Gasteiger partial charge is 0.507 e. The molecule has 1 saturated heterocycles. The third kappa shape index (κ3) is 4.55. The summed E-state index contributed by atoms with van der Waals surface area (Å²) in [6.07, 6.45) is 3.18. The third-order valence-electron chi connectivity index (χ3n) is 5.92. The van der Waals surface area contributed by atoms with Crippen LogP contribution < -0.4 is 4.90 Å². The molecule has 3 heterocycles. The van der Waals surface area contributed by atoms with Crippen molar-refractivity contribution in [1.82, 2.24) is 15.2 Å². The molecule has 36 heavy (non-hydrogen) atoms. The van der Waals surface area contributed by atoms with Crippen molar-refractivity contribution in [1.29, 1.82) is 0 Å². The van der Waals surface area contributed by atoms with Gasteiger partial charge in [-0.25, -0.2) is 0 Å². The van der Waals surface area contributed by atoms with Crippen LogP contribution >= 0.6 is 23.1 Å². The predicted molar refractivity (Wildman–Crippen MR) is 141 cm³/mol. The zero-order chi connectivity index (χ0) is 25.2. The van der Waals surface area contributed by atoms with E-state index in [1.807, 2.05) is 62.4 Å². The maximum Gasteiger partial charge on any atom is 0.301 e. The van der Waals surface area contributed by atoms with Crippen molar-refractivity contribution < 1.29 is 14.7 Å². The number of carbonyl (C=O) groups is 2. The Bertz CT molecular complexity index is 1470. The Balaban J connectivity index is 1.56. The third-order valence-corrected chi connectivity index (χ3v) is 8.05. The van der Waals surface area contributed by atoms with Crippen molar-refractivity contribution in [3.8, 4) is 0 Å². The van der Waals surface area contributed by atoms with Gasteiger partial charge in [-0.2, -0.15) is 0 Å². The summed E-state index contributed by atoms with van der Waals surface area (Å²) in [7, 11) is 0. The summed E-state index contributed by atoms with van der Waals surface area (Å²) in [4.78, 5) is 32.1. The highest BCUT2D eigenvalue weighted by Crippen LogP contribution is 2.44. The molecule has 5 rings (SSSR count). The highest BCUT2D eigenvalue weighted by atomic mass is 32.2. The first-order valence-corrected chi connectivity index (χ1v) is 13.0. The minimum absolute atomic E-state index is 0.0218. The fourth-order valence-electron chi connectivity index (χ4n) is 4.10. The molecule has 1 N–H and O–H groups in total. The van der Waals surface area contributed by atoms with Crippen LogP contribution in [0.4, 0.5) is 5.13 Å².